The zero-order valence-electron chi connectivity index (χ0n) is 29.6. The number of nitrogens with one attached hydrogen (secondary N) is 3. The first-order valence-corrected chi connectivity index (χ1v) is 18.5. The van der Waals surface area contributed by atoms with Crippen LogP contribution in [0.25, 0.3) is 44.7 Å². The number of pyridine rings is 2. The molecule has 5 aromatic rings. The zero-order valence-corrected chi connectivity index (χ0v) is 31.2. The smallest absolute Gasteiger partial charge is 0.220 e. The molecule has 3 N–H and O–H groups in total. The van der Waals surface area contributed by atoms with Crippen molar-refractivity contribution in [1.82, 2.24) is 35.4 Å². The SMILES string of the molecule is COc1nc(-c2cccc(-c3cccc(-c4ccc5c(CNC6CCN(C(C)=O)CC6)cn(C)c5n4)c3Cl)c2Cl)ccc1CNCC1CCC(=O)N1. The van der Waals surface area contributed by atoms with E-state index in [1.165, 1.54) is 5.56 Å². The lowest BCUT2D eigenvalue weighted by molar-refractivity contribution is -0.130. The lowest BCUT2D eigenvalue weighted by Crippen LogP contribution is -2.43. The first kappa shape index (κ1) is 35.9. The van der Waals surface area contributed by atoms with Gasteiger partial charge in [0.2, 0.25) is 17.7 Å². The van der Waals surface area contributed by atoms with E-state index in [4.69, 9.17) is 37.9 Å². The molecule has 2 amide bonds. The maximum absolute atomic E-state index is 11.7. The number of rotatable bonds is 11. The highest BCUT2D eigenvalue weighted by atomic mass is 35.5. The van der Waals surface area contributed by atoms with Crippen LogP contribution in [-0.2, 0) is 29.7 Å². The summed E-state index contributed by atoms with van der Waals surface area (Å²) in [5.74, 6) is 0.763. The monoisotopic (exact) mass is 739 g/mol. The second-order valence-electron chi connectivity index (χ2n) is 13.6. The molecule has 7 rings (SSSR count). The van der Waals surface area contributed by atoms with Crippen LogP contribution in [0.3, 0.4) is 0 Å². The normalized spacial score (nSPS) is 16.4. The predicted molar refractivity (Wildman–Crippen MR) is 206 cm³/mol. The number of aromatic nitrogens is 3. The topological polar surface area (TPSA) is 113 Å². The van der Waals surface area contributed by atoms with Gasteiger partial charge in [-0.25, -0.2) is 9.97 Å². The van der Waals surface area contributed by atoms with E-state index in [1.807, 2.05) is 66.5 Å². The van der Waals surface area contributed by atoms with E-state index in [2.05, 4.69) is 32.8 Å². The third kappa shape index (κ3) is 7.52. The summed E-state index contributed by atoms with van der Waals surface area (Å²) in [4.78, 5) is 35.1. The highest BCUT2D eigenvalue weighted by Crippen LogP contribution is 2.42. The summed E-state index contributed by atoms with van der Waals surface area (Å²) in [5, 5.41) is 12.3. The van der Waals surface area contributed by atoms with Gasteiger partial charge in [0, 0.05) is 105 Å². The lowest BCUT2D eigenvalue weighted by atomic mass is 9.98. The Hall–Kier alpha value is -4.48. The van der Waals surface area contributed by atoms with Gasteiger partial charge in [-0.15, -0.1) is 0 Å². The number of benzene rings is 2. The fourth-order valence-electron chi connectivity index (χ4n) is 7.29. The van der Waals surface area contributed by atoms with Crippen molar-refractivity contribution in [2.45, 2.75) is 57.8 Å². The molecule has 3 aromatic heterocycles. The Morgan fingerprint density at radius 1 is 0.885 bits per heavy atom. The minimum atomic E-state index is 0.103. The van der Waals surface area contributed by atoms with E-state index in [9.17, 15) is 9.59 Å². The van der Waals surface area contributed by atoms with Gasteiger partial charge in [0.1, 0.15) is 5.65 Å². The van der Waals surface area contributed by atoms with Gasteiger partial charge >= 0.3 is 0 Å². The summed E-state index contributed by atoms with van der Waals surface area (Å²) < 4.78 is 7.73. The van der Waals surface area contributed by atoms with E-state index in [0.29, 0.717) is 47.2 Å². The van der Waals surface area contributed by atoms with Crippen molar-refractivity contribution in [3.05, 3.63) is 88.0 Å². The van der Waals surface area contributed by atoms with Crippen LogP contribution >= 0.6 is 23.2 Å². The van der Waals surface area contributed by atoms with Crippen LogP contribution in [0.4, 0.5) is 0 Å². The Bertz CT molecular complexity index is 2130. The number of nitrogens with zero attached hydrogens (tertiary/aromatic N) is 4. The highest BCUT2D eigenvalue weighted by Gasteiger charge is 2.23. The van der Waals surface area contributed by atoms with Crippen molar-refractivity contribution in [2.75, 3.05) is 26.7 Å². The molecule has 5 heterocycles. The predicted octanol–water partition coefficient (Wildman–Crippen LogP) is 6.75. The van der Waals surface area contributed by atoms with E-state index in [0.717, 1.165) is 83.4 Å². The average molecular weight is 741 g/mol. The van der Waals surface area contributed by atoms with E-state index < -0.39 is 0 Å². The van der Waals surface area contributed by atoms with Crippen LogP contribution in [0.15, 0.2) is 66.9 Å². The molecule has 1 unspecified atom stereocenters. The van der Waals surface area contributed by atoms with Gasteiger partial charge in [-0.2, -0.15) is 0 Å². The van der Waals surface area contributed by atoms with Gasteiger partial charge in [-0.1, -0.05) is 65.7 Å². The number of hydrogen-bond acceptors (Lipinski definition) is 7. The zero-order chi connectivity index (χ0) is 36.4. The molecule has 2 saturated heterocycles. The summed E-state index contributed by atoms with van der Waals surface area (Å²) in [6.07, 6.45) is 5.45. The Morgan fingerprint density at radius 3 is 2.17 bits per heavy atom. The largest absolute Gasteiger partial charge is 0.481 e. The Kier molecular flexibility index (Phi) is 10.8. The number of fused-ring (bicyclic) bond motifs is 1. The van der Waals surface area contributed by atoms with E-state index >= 15 is 0 Å². The number of amides is 2. The minimum Gasteiger partial charge on any atom is -0.481 e. The quantitative estimate of drug-likeness (QED) is 0.137. The molecule has 0 radical (unpaired) electrons. The van der Waals surface area contributed by atoms with Gasteiger partial charge in [0.05, 0.1) is 28.5 Å². The summed E-state index contributed by atoms with van der Waals surface area (Å²) in [6, 6.07) is 20.4. The maximum atomic E-state index is 11.7. The molecule has 2 aliphatic rings. The number of piperidine rings is 1. The molecule has 0 aliphatic carbocycles. The standard InChI is InChI=1S/C40H43Cl2N7O3/c1-24(50)49-18-16-27(17-19-49)44-21-26-23-48(2)39-29(26)12-14-34(46-39)32-8-4-6-30(37(32)41)31-7-5-9-33(38(31)42)35-13-10-25(40(47-35)52-3)20-43-22-28-11-15-36(51)45-28/h4-10,12-14,23,27-28,43-44H,11,15-22H2,1-3H3,(H,45,51). The summed E-state index contributed by atoms with van der Waals surface area (Å²) >= 11 is 14.3. The first-order valence-electron chi connectivity index (χ1n) is 17.8. The van der Waals surface area contributed by atoms with Crippen LogP contribution in [0, 0.1) is 0 Å². The average Bonchev–Trinajstić information content (AvgIpc) is 3.72. The minimum absolute atomic E-state index is 0.103. The maximum Gasteiger partial charge on any atom is 0.220 e. The Labute approximate surface area is 313 Å². The first-order chi connectivity index (χ1) is 25.2. The molecule has 10 nitrogen and oxygen atoms in total. The molecular formula is C40H43Cl2N7O3. The van der Waals surface area contributed by atoms with Gasteiger partial charge in [0.25, 0.3) is 0 Å². The van der Waals surface area contributed by atoms with E-state index in [1.54, 1.807) is 14.0 Å². The number of halogens is 2. The van der Waals surface area contributed by atoms with Gasteiger partial charge in [0.15, 0.2) is 0 Å². The van der Waals surface area contributed by atoms with Crippen molar-refractivity contribution >= 4 is 46.0 Å². The number of carbonyl (C=O) groups is 2. The molecule has 2 aromatic carbocycles. The molecule has 1 atom stereocenters. The van der Waals surface area contributed by atoms with Crippen molar-refractivity contribution < 1.29 is 14.3 Å². The second-order valence-corrected chi connectivity index (χ2v) is 14.4. The van der Waals surface area contributed by atoms with Crippen LogP contribution in [0.2, 0.25) is 10.0 Å². The number of methoxy groups -OCH3 is 1. The van der Waals surface area contributed by atoms with Crippen molar-refractivity contribution in [1.29, 1.82) is 0 Å². The molecule has 0 bridgehead atoms. The molecule has 12 heteroatoms. The molecule has 2 fully saturated rings. The van der Waals surface area contributed by atoms with E-state index in [-0.39, 0.29) is 17.9 Å². The fourth-order valence-corrected chi connectivity index (χ4v) is 7.94. The van der Waals surface area contributed by atoms with Crippen LogP contribution in [-0.4, -0.2) is 70.1 Å². The fraction of sp³-hybridized carbons (Fsp3) is 0.350. The summed E-state index contributed by atoms with van der Waals surface area (Å²) in [6.45, 7) is 5.20. The second kappa shape index (κ2) is 15.6. The Balaban J connectivity index is 1.10. The lowest BCUT2D eigenvalue weighted by Gasteiger charge is -2.31. The molecule has 0 saturated carbocycles. The molecular weight excluding hydrogens is 697 g/mol. The molecule has 0 spiro atoms. The third-order valence-electron chi connectivity index (χ3n) is 10.2. The highest BCUT2D eigenvalue weighted by molar-refractivity contribution is 6.39. The molecule has 52 heavy (non-hydrogen) atoms. The van der Waals surface area contributed by atoms with Crippen LogP contribution in [0.5, 0.6) is 5.88 Å². The number of ether oxygens (including phenoxy) is 1. The van der Waals surface area contributed by atoms with Crippen molar-refractivity contribution in [2.24, 2.45) is 7.05 Å². The number of aryl methyl sites for hydroxylation is 1. The summed E-state index contributed by atoms with van der Waals surface area (Å²) in [7, 11) is 3.62. The molecule has 270 valence electrons. The summed E-state index contributed by atoms with van der Waals surface area (Å²) in [5.41, 5.74) is 7.60. The van der Waals surface area contributed by atoms with Crippen LogP contribution in [0.1, 0.15) is 43.7 Å². The van der Waals surface area contributed by atoms with Gasteiger partial charge in [-0.05, 0) is 43.0 Å². The number of carbonyl (C=O) groups excluding carboxylic acids is 2. The Morgan fingerprint density at radius 2 is 1.54 bits per heavy atom. The van der Waals surface area contributed by atoms with Crippen molar-refractivity contribution in [3.63, 3.8) is 0 Å². The van der Waals surface area contributed by atoms with Crippen molar-refractivity contribution in [3.8, 4) is 39.5 Å². The number of hydrogen-bond donors (Lipinski definition) is 3. The number of likely N-dealkylation sites (tertiary alicyclic amines) is 1. The molecule has 2 aliphatic heterocycles. The van der Waals surface area contributed by atoms with Gasteiger partial charge in [-0.3, -0.25) is 9.59 Å². The third-order valence-corrected chi connectivity index (χ3v) is 11.0. The van der Waals surface area contributed by atoms with Crippen LogP contribution < -0.4 is 20.7 Å². The van der Waals surface area contributed by atoms with Gasteiger partial charge < -0.3 is 30.2 Å².